The third-order valence-corrected chi connectivity index (χ3v) is 8.43. The summed E-state index contributed by atoms with van der Waals surface area (Å²) in [6, 6.07) is 17.6. The van der Waals surface area contributed by atoms with Crippen LogP contribution >= 0.6 is 21.6 Å². The number of rotatable bonds is 11. The normalized spacial score (nSPS) is 19.3. The average molecular weight is 559 g/mol. The van der Waals surface area contributed by atoms with Crippen molar-refractivity contribution >= 4 is 45.6 Å². The Morgan fingerprint density at radius 3 is 1.42 bits per heavy atom. The molecule has 4 rings (SSSR count). The molecule has 2 heterocycles. The number of benzene rings is 2. The van der Waals surface area contributed by atoms with Crippen molar-refractivity contribution in [3.63, 3.8) is 0 Å². The highest BCUT2D eigenvalue weighted by molar-refractivity contribution is 8.76. The standard InChI is InChI=1S/C26H30N4O6S2/c1-19(31)35-29-23(21-9-5-3-6-10-21)17-27(25(29)33)13-15-37-38-16-14-28-18-24(22-11-7-4-8-12-22)30(26(28)34)36-20(2)32/h3-12,23-24H,13-18H2,1-2H3. The van der Waals surface area contributed by atoms with Crippen molar-refractivity contribution in [2.45, 2.75) is 25.9 Å². The maximum Gasteiger partial charge on any atom is 0.353 e. The molecule has 2 atom stereocenters. The van der Waals surface area contributed by atoms with Crippen LogP contribution in [0.15, 0.2) is 60.7 Å². The van der Waals surface area contributed by atoms with E-state index in [4.69, 9.17) is 9.68 Å². The first-order valence-corrected chi connectivity index (χ1v) is 14.7. The number of carbonyl (C=O) groups is 4. The molecule has 2 unspecified atom stereocenters. The third-order valence-electron chi connectivity index (χ3n) is 6.07. The van der Waals surface area contributed by atoms with E-state index in [0.29, 0.717) is 37.7 Å². The van der Waals surface area contributed by atoms with Gasteiger partial charge >= 0.3 is 24.0 Å². The Balaban J connectivity index is 1.24. The molecule has 2 fully saturated rings. The van der Waals surface area contributed by atoms with E-state index >= 15 is 0 Å². The van der Waals surface area contributed by atoms with Crippen LogP contribution in [0.25, 0.3) is 0 Å². The molecule has 38 heavy (non-hydrogen) atoms. The first-order chi connectivity index (χ1) is 18.3. The van der Waals surface area contributed by atoms with E-state index in [-0.39, 0.29) is 24.1 Å². The van der Waals surface area contributed by atoms with Crippen molar-refractivity contribution in [3.05, 3.63) is 71.8 Å². The van der Waals surface area contributed by atoms with Gasteiger partial charge in [-0.15, -0.1) is 10.1 Å². The van der Waals surface area contributed by atoms with Crippen LogP contribution in [0.1, 0.15) is 37.1 Å². The van der Waals surface area contributed by atoms with Crippen molar-refractivity contribution < 1.29 is 28.9 Å². The smallest absolute Gasteiger partial charge is 0.336 e. The van der Waals surface area contributed by atoms with Gasteiger partial charge in [0.2, 0.25) is 0 Å². The fourth-order valence-corrected chi connectivity index (χ4v) is 6.35. The van der Waals surface area contributed by atoms with Crippen molar-refractivity contribution in [1.29, 1.82) is 0 Å². The summed E-state index contributed by atoms with van der Waals surface area (Å²) >= 11 is 0. The summed E-state index contributed by atoms with van der Waals surface area (Å²) in [6.07, 6.45) is 0. The molecular weight excluding hydrogens is 528 g/mol. The molecule has 2 saturated heterocycles. The van der Waals surface area contributed by atoms with Gasteiger partial charge in [-0.25, -0.2) is 9.59 Å². The van der Waals surface area contributed by atoms with Crippen LogP contribution in [-0.2, 0) is 19.3 Å². The van der Waals surface area contributed by atoms with Crippen LogP contribution in [0.3, 0.4) is 0 Å². The van der Waals surface area contributed by atoms with Crippen LogP contribution in [0.5, 0.6) is 0 Å². The monoisotopic (exact) mass is 558 g/mol. The van der Waals surface area contributed by atoms with Crippen LogP contribution in [0.2, 0.25) is 0 Å². The summed E-state index contributed by atoms with van der Waals surface area (Å²) < 4.78 is 0. The van der Waals surface area contributed by atoms with Crippen molar-refractivity contribution in [2.24, 2.45) is 0 Å². The van der Waals surface area contributed by atoms with Crippen LogP contribution in [0, 0.1) is 0 Å². The quantitative estimate of drug-likeness (QED) is 0.298. The lowest BCUT2D eigenvalue weighted by Gasteiger charge is -2.21. The number of hydrogen-bond donors (Lipinski definition) is 0. The number of carbonyl (C=O) groups excluding carboxylic acids is 4. The van der Waals surface area contributed by atoms with Gasteiger partial charge in [-0.2, -0.15) is 0 Å². The predicted octanol–water partition coefficient (Wildman–Crippen LogP) is 4.28. The summed E-state index contributed by atoms with van der Waals surface area (Å²) in [5, 5.41) is 2.32. The molecule has 2 aliphatic heterocycles. The first-order valence-electron chi connectivity index (χ1n) is 12.2. The molecule has 0 radical (unpaired) electrons. The minimum Gasteiger partial charge on any atom is -0.336 e. The topological polar surface area (TPSA) is 99.7 Å². The second-order valence-corrected chi connectivity index (χ2v) is 11.5. The molecule has 0 aliphatic carbocycles. The van der Waals surface area contributed by atoms with E-state index in [0.717, 1.165) is 21.3 Å². The molecule has 0 saturated carbocycles. The molecule has 0 aromatic heterocycles. The number of hydrogen-bond acceptors (Lipinski definition) is 8. The van der Waals surface area contributed by atoms with Crippen LogP contribution in [0.4, 0.5) is 9.59 Å². The fraction of sp³-hybridized carbons (Fsp3) is 0.385. The summed E-state index contributed by atoms with van der Waals surface area (Å²) in [6.45, 7) is 4.41. The van der Waals surface area contributed by atoms with E-state index in [1.807, 2.05) is 60.7 Å². The summed E-state index contributed by atoms with van der Waals surface area (Å²) in [4.78, 5) is 62.7. The van der Waals surface area contributed by atoms with Gasteiger partial charge in [0.05, 0.1) is 13.1 Å². The lowest BCUT2D eigenvalue weighted by molar-refractivity contribution is -0.178. The molecular formula is C26H30N4O6S2. The Morgan fingerprint density at radius 1 is 0.711 bits per heavy atom. The molecule has 2 aromatic carbocycles. The number of amides is 4. The first kappa shape index (κ1) is 27.6. The average Bonchev–Trinajstić information content (AvgIpc) is 3.38. The Kier molecular flexibility index (Phi) is 9.40. The Hall–Kier alpha value is -3.38. The lowest BCUT2D eigenvalue weighted by Crippen LogP contribution is -2.35. The Bertz CT molecular complexity index is 1050. The molecule has 12 heteroatoms. The molecule has 0 N–H and O–H groups in total. The maximum atomic E-state index is 12.9. The zero-order chi connectivity index (χ0) is 27.1. The zero-order valence-corrected chi connectivity index (χ0v) is 22.9. The molecule has 2 aliphatic rings. The SMILES string of the molecule is CC(=O)ON1C(=O)N(CCSSCCN2CC(c3ccccc3)N(OC(C)=O)C2=O)CC1c1ccccc1. The third kappa shape index (κ3) is 6.73. The van der Waals surface area contributed by atoms with Gasteiger partial charge in [0.15, 0.2) is 0 Å². The van der Waals surface area contributed by atoms with Gasteiger partial charge in [0.1, 0.15) is 12.1 Å². The number of hydroxylamine groups is 4. The van der Waals surface area contributed by atoms with Crippen LogP contribution < -0.4 is 0 Å². The summed E-state index contributed by atoms with van der Waals surface area (Å²) in [7, 11) is 3.21. The lowest BCUT2D eigenvalue weighted by atomic mass is 10.1. The van der Waals surface area contributed by atoms with Gasteiger partial charge < -0.3 is 19.5 Å². The van der Waals surface area contributed by atoms with Gasteiger partial charge in [0.25, 0.3) is 0 Å². The highest BCUT2D eigenvalue weighted by Crippen LogP contribution is 2.32. The Labute approximate surface area is 229 Å². The highest BCUT2D eigenvalue weighted by Gasteiger charge is 2.41. The largest absolute Gasteiger partial charge is 0.353 e. The van der Waals surface area contributed by atoms with Gasteiger partial charge in [-0.1, -0.05) is 82.3 Å². The zero-order valence-electron chi connectivity index (χ0n) is 21.2. The number of nitrogens with zero attached hydrogens (tertiary/aromatic N) is 4. The van der Waals surface area contributed by atoms with E-state index < -0.39 is 11.9 Å². The van der Waals surface area contributed by atoms with E-state index in [2.05, 4.69) is 0 Å². The predicted molar refractivity (Wildman–Crippen MR) is 144 cm³/mol. The van der Waals surface area contributed by atoms with Crippen molar-refractivity contribution in [1.82, 2.24) is 19.9 Å². The van der Waals surface area contributed by atoms with Gasteiger partial charge in [-0.3, -0.25) is 9.59 Å². The van der Waals surface area contributed by atoms with Gasteiger partial charge in [-0.05, 0) is 11.1 Å². The number of urea groups is 2. The van der Waals surface area contributed by atoms with E-state index in [1.54, 1.807) is 31.4 Å². The molecule has 0 spiro atoms. The molecule has 4 amide bonds. The second kappa shape index (κ2) is 12.9. The van der Waals surface area contributed by atoms with Crippen molar-refractivity contribution in [2.75, 3.05) is 37.7 Å². The molecule has 10 nitrogen and oxygen atoms in total. The van der Waals surface area contributed by atoms with Crippen molar-refractivity contribution in [3.8, 4) is 0 Å². The van der Waals surface area contributed by atoms with E-state index in [9.17, 15) is 19.2 Å². The summed E-state index contributed by atoms with van der Waals surface area (Å²) in [5.74, 6) is 0.270. The Morgan fingerprint density at radius 2 is 1.08 bits per heavy atom. The highest BCUT2D eigenvalue weighted by atomic mass is 33.1. The van der Waals surface area contributed by atoms with Gasteiger partial charge in [0, 0.05) is 38.4 Å². The van der Waals surface area contributed by atoms with E-state index in [1.165, 1.54) is 13.8 Å². The minimum absolute atomic E-state index is 0.333. The fourth-order valence-electron chi connectivity index (χ4n) is 4.37. The second-order valence-electron chi connectivity index (χ2n) is 8.77. The summed E-state index contributed by atoms with van der Waals surface area (Å²) in [5.41, 5.74) is 1.80. The molecule has 202 valence electrons. The maximum absolute atomic E-state index is 12.9. The molecule has 0 bridgehead atoms. The van der Waals surface area contributed by atoms with Crippen LogP contribution in [-0.4, -0.2) is 81.6 Å². The molecule has 2 aromatic rings. The minimum atomic E-state index is -0.538.